The van der Waals surface area contributed by atoms with Crippen molar-refractivity contribution in [1.29, 1.82) is 0 Å². The van der Waals surface area contributed by atoms with Crippen LogP contribution in [0.2, 0.25) is 0 Å². The van der Waals surface area contributed by atoms with Crippen LogP contribution in [0, 0.1) is 5.82 Å². The van der Waals surface area contributed by atoms with Crippen LogP contribution in [0.5, 0.6) is 0 Å². The van der Waals surface area contributed by atoms with Crippen LogP contribution in [0.25, 0.3) is 0 Å². The molecule has 0 saturated carbocycles. The Kier molecular flexibility index (Phi) is 5.76. The van der Waals surface area contributed by atoms with E-state index >= 15 is 0 Å². The Balaban J connectivity index is 3.01. The van der Waals surface area contributed by atoms with Gasteiger partial charge in [-0.05, 0) is 24.6 Å². The van der Waals surface area contributed by atoms with Gasteiger partial charge < -0.3 is 14.9 Å². The predicted molar refractivity (Wildman–Crippen MR) is 73.5 cm³/mol. The van der Waals surface area contributed by atoms with Gasteiger partial charge in [-0.15, -0.1) is 0 Å². The quantitative estimate of drug-likeness (QED) is 0.852. The minimum atomic E-state index is -0.386. The maximum absolute atomic E-state index is 13.2. The van der Waals surface area contributed by atoms with Gasteiger partial charge >= 0.3 is 0 Å². The number of amides is 1. The van der Waals surface area contributed by atoms with Crippen molar-refractivity contribution in [3.8, 4) is 0 Å². The Morgan fingerprint density at radius 2 is 2.05 bits per heavy atom. The summed E-state index contributed by atoms with van der Waals surface area (Å²) in [6, 6.07) is 4.26. The van der Waals surface area contributed by atoms with Crippen molar-refractivity contribution in [3.05, 3.63) is 29.6 Å². The van der Waals surface area contributed by atoms with Crippen LogP contribution in [-0.4, -0.2) is 43.1 Å². The molecule has 0 radical (unpaired) electrons. The maximum Gasteiger partial charge on any atom is 0.241 e. The maximum atomic E-state index is 13.2. The van der Waals surface area contributed by atoms with Crippen LogP contribution in [-0.2, 0) is 11.4 Å². The SMILES string of the molecule is CCCN(CC(=O)N(C)C)c1ccc(F)cc1CO. The number of likely N-dealkylation sites (N-methyl/N-ethyl adjacent to an activating group) is 1. The Morgan fingerprint density at radius 3 is 2.58 bits per heavy atom. The lowest BCUT2D eigenvalue weighted by atomic mass is 10.1. The second kappa shape index (κ2) is 7.09. The summed E-state index contributed by atoms with van der Waals surface area (Å²) in [4.78, 5) is 15.2. The molecule has 0 aliphatic heterocycles. The number of anilines is 1. The molecule has 0 aliphatic carbocycles. The van der Waals surface area contributed by atoms with Gasteiger partial charge in [-0.3, -0.25) is 4.79 Å². The van der Waals surface area contributed by atoms with Gasteiger partial charge in [0.2, 0.25) is 5.91 Å². The van der Waals surface area contributed by atoms with E-state index < -0.39 is 0 Å². The van der Waals surface area contributed by atoms with Crippen molar-refractivity contribution >= 4 is 11.6 Å². The molecule has 0 aromatic heterocycles. The number of hydrogen-bond acceptors (Lipinski definition) is 3. The van der Waals surface area contributed by atoms with Crippen molar-refractivity contribution in [2.75, 3.05) is 32.1 Å². The van der Waals surface area contributed by atoms with Gasteiger partial charge in [0.25, 0.3) is 0 Å². The zero-order valence-electron chi connectivity index (χ0n) is 11.7. The fourth-order valence-electron chi connectivity index (χ4n) is 1.85. The molecule has 0 fully saturated rings. The van der Waals surface area contributed by atoms with Crippen molar-refractivity contribution in [1.82, 2.24) is 4.90 Å². The minimum Gasteiger partial charge on any atom is -0.392 e. The molecule has 106 valence electrons. The van der Waals surface area contributed by atoms with Gasteiger partial charge in [-0.25, -0.2) is 4.39 Å². The minimum absolute atomic E-state index is 0.0262. The zero-order valence-corrected chi connectivity index (χ0v) is 11.7. The molecule has 0 saturated heterocycles. The number of aliphatic hydroxyl groups excluding tert-OH is 1. The van der Waals surface area contributed by atoms with Crippen LogP contribution in [0.4, 0.5) is 10.1 Å². The van der Waals surface area contributed by atoms with Crippen LogP contribution < -0.4 is 4.90 Å². The lowest BCUT2D eigenvalue weighted by Crippen LogP contribution is -2.37. The van der Waals surface area contributed by atoms with Crippen molar-refractivity contribution < 1.29 is 14.3 Å². The second-order valence-corrected chi connectivity index (χ2v) is 4.64. The first-order chi connectivity index (χ1) is 8.99. The number of nitrogens with zero attached hydrogens (tertiary/aromatic N) is 2. The molecule has 0 atom stereocenters. The second-order valence-electron chi connectivity index (χ2n) is 4.64. The average molecular weight is 268 g/mol. The molecule has 1 N–H and O–H groups in total. The third kappa shape index (κ3) is 4.21. The number of carbonyl (C=O) groups is 1. The number of aliphatic hydroxyl groups is 1. The summed E-state index contributed by atoms with van der Waals surface area (Å²) in [5.74, 6) is -0.412. The summed E-state index contributed by atoms with van der Waals surface area (Å²) >= 11 is 0. The number of carbonyl (C=O) groups excluding carboxylic acids is 1. The van der Waals surface area contributed by atoms with Gasteiger partial charge in [0, 0.05) is 31.9 Å². The van der Waals surface area contributed by atoms with Gasteiger partial charge in [0.1, 0.15) is 5.82 Å². The molecule has 1 aromatic rings. The summed E-state index contributed by atoms with van der Waals surface area (Å²) in [5.41, 5.74) is 1.21. The van der Waals surface area contributed by atoms with E-state index in [1.165, 1.54) is 17.0 Å². The van der Waals surface area contributed by atoms with E-state index in [2.05, 4.69) is 0 Å². The van der Waals surface area contributed by atoms with E-state index in [0.29, 0.717) is 17.8 Å². The third-order valence-electron chi connectivity index (χ3n) is 2.87. The molecular formula is C14H21FN2O2. The van der Waals surface area contributed by atoms with Gasteiger partial charge in [-0.2, -0.15) is 0 Å². The zero-order chi connectivity index (χ0) is 14.4. The van der Waals surface area contributed by atoms with E-state index in [-0.39, 0.29) is 24.9 Å². The molecule has 0 heterocycles. The fourth-order valence-corrected chi connectivity index (χ4v) is 1.85. The Hall–Kier alpha value is -1.62. The van der Waals surface area contributed by atoms with Gasteiger partial charge in [0.15, 0.2) is 0 Å². The monoisotopic (exact) mass is 268 g/mol. The van der Waals surface area contributed by atoms with Gasteiger partial charge in [-0.1, -0.05) is 6.92 Å². The highest BCUT2D eigenvalue weighted by Gasteiger charge is 2.15. The lowest BCUT2D eigenvalue weighted by molar-refractivity contribution is -0.127. The van der Waals surface area contributed by atoms with Crippen molar-refractivity contribution in [2.45, 2.75) is 20.0 Å². The molecule has 19 heavy (non-hydrogen) atoms. The number of rotatable bonds is 6. The van der Waals surface area contributed by atoms with E-state index in [0.717, 1.165) is 6.42 Å². The summed E-state index contributed by atoms with van der Waals surface area (Å²) < 4.78 is 13.2. The molecule has 1 aromatic carbocycles. The summed E-state index contributed by atoms with van der Waals surface area (Å²) in [6.07, 6.45) is 0.864. The number of benzene rings is 1. The van der Waals surface area contributed by atoms with Crippen LogP contribution >= 0.6 is 0 Å². The summed E-state index contributed by atoms with van der Waals surface area (Å²) in [5, 5.41) is 9.31. The normalized spacial score (nSPS) is 10.4. The average Bonchev–Trinajstić information content (AvgIpc) is 2.37. The Labute approximate surface area is 113 Å². The first kappa shape index (κ1) is 15.4. The van der Waals surface area contributed by atoms with E-state index in [1.54, 1.807) is 20.2 Å². The molecule has 1 amide bonds. The van der Waals surface area contributed by atoms with Crippen molar-refractivity contribution in [2.24, 2.45) is 0 Å². The van der Waals surface area contributed by atoms with Crippen LogP contribution in [0.1, 0.15) is 18.9 Å². The van der Waals surface area contributed by atoms with E-state index in [1.807, 2.05) is 11.8 Å². The molecule has 1 rings (SSSR count). The summed E-state index contributed by atoms with van der Waals surface area (Å²) in [7, 11) is 3.40. The first-order valence-corrected chi connectivity index (χ1v) is 6.34. The fraction of sp³-hybridized carbons (Fsp3) is 0.500. The van der Waals surface area contributed by atoms with Crippen LogP contribution in [0.3, 0.4) is 0 Å². The molecular weight excluding hydrogens is 247 g/mol. The lowest BCUT2D eigenvalue weighted by Gasteiger charge is -2.27. The standard InChI is InChI=1S/C14H21FN2O2/c1-4-7-17(9-14(19)16(2)3)13-6-5-12(15)8-11(13)10-18/h5-6,8,18H,4,7,9-10H2,1-3H3. The molecule has 5 heteroatoms. The number of hydrogen-bond donors (Lipinski definition) is 1. The summed E-state index contributed by atoms with van der Waals surface area (Å²) in [6.45, 7) is 2.66. The predicted octanol–water partition coefficient (Wildman–Crippen LogP) is 1.62. The third-order valence-corrected chi connectivity index (χ3v) is 2.87. The molecule has 4 nitrogen and oxygen atoms in total. The highest BCUT2D eigenvalue weighted by molar-refractivity contribution is 5.81. The highest BCUT2D eigenvalue weighted by Crippen LogP contribution is 2.22. The highest BCUT2D eigenvalue weighted by atomic mass is 19.1. The topological polar surface area (TPSA) is 43.8 Å². The largest absolute Gasteiger partial charge is 0.392 e. The Bertz CT molecular complexity index is 435. The van der Waals surface area contributed by atoms with E-state index in [4.69, 9.17) is 0 Å². The smallest absolute Gasteiger partial charge is 0.241 e. The van der Waals surface area contributed by atoms with Crippen molar-refractivity contribution in [3.63, 3.8) is 0 Å². The van der Waals surface area contributed by atoms with Crippen LogP contribution in [0.15, 0.2) is 18.2 Å². The van der Waals surface area contributed by atoms with Gasteiger partial charge in [0.05, 0.1) is 13.2 Å². The first-order valence-electron chi connectivity index (χ1n) is 6.34. The molecule has 0 spiro atoms. The Morgan fingerprint density at radius 1 is 1.37 bits per heavy atom. The molecule has 0 unspecified atom stereocenters. The number of halogens is 1. The van der Waals surface area contributed by atoms with E-state index in [9.17, 15) is 14.3 Å². The molecule has 0 aliphatic rings. The molecule has 0 bridgehead atoms.